The fourth-order valence-corrected chi connectivity index (χ4v) is 3.48. The molecule has 0 aromatic rings. The minimum Gasteiger partial charge on any atom is -0.342 e. The first-order chi connectivity index (χ1) is 11.3. The molecule has 0 bridgehead atoms. The zero-order valence-electron chi connectivity index (χ0n) is 14.0. The second-order valence-electron chi connectivity index (χ2n) is 6.57. The molecule has 2 aliphatic rings. The lowest BCUT2D eigenvalue weighted by Crippen LogP contribution is -2.49. The lowest BCUT2D eigenvalue weighted by molar-refractivity contribution is -0.165. The molecule has 136 valence electrons. The van der Waals surface area contributed by atoms with E-state index in [4.69, 9.17) is 0 Å². The average molecular weight is 346 g/mol. The molecule has 1 aliphatic heterocycles. The van der Waals surface area contributed by atoms with Gasteiger partial charge in [-0.05, 0) is 39.0 Å². The number of amides is 2. The van der Waals surface area contributed by atoms with Crippen molar-refractivity contribution in [3.05, 3.63) is 12.2 Å². The van der Waals surface area contributed by atoms with Crippen molar-refractivity contribution in [1.82, 2.24) is 9.80 Å². The quantitative estimate of drug-likeness (QED) is 0.734. The van der Waals surface area contributed by atoms with Crippen LogP contribution < -0.4 is 0 Å². The van der Waals surface area contributed by atoms with Gasteiger partial charge in [0.1, 0.15) is 6.54 Å². The first-order valence-corrected chi connectivity index (χ1v) is 8.61. The van der Waals surface area contributed by atoms with E-state index in [2.05, 4.69) is 6.08 Å². The molecule has 2 amide bonds. The third kappa shape index (κ3) is 4.98. The summed E-state index contributed by atoms with van der Waals surface area (Å²) in [6.07, 6.45) is 3.26. The number of piperidine rings is 1. The second kappa shape index (κ2) is 8.03. The maximum atomic E-state index is 12.6. The Hall–Kier alpha value is -1.53. The number of likely N-dealkylation sites (tertiary alicyclic amines) is 1. The summed E-state index contributed by atoms with van der Waals surface area (Å²) in [4.78, 5) is 27.5. The lowest BCUT2D eigenvalue weighted by atomic mass is 9.90. The molecule has 0 aromatic carbocycles. The van der Waals surface area contributed by atoms with Crippen LogP contribution in [0.1, 0.15) is 39.0 Å². The van der Waals surface area contributed by atoms with Gasteiger partial charge in [-0.3, -0.25) is 9.59 Å². The van der Waals surface area contributed by atoms with Crippen molar-refractivity contribution in [1.29, 1.82) is 0 Å². The molecule has 2 rings (SSSR count). The van der Waals surface area contributed by atoms with Crippen molar-refractivity contribution in [2.75, 3.05) is 26.2 Å². The Morgan fingerprint density at radius 2 is 1.96 bits per heavy atom. The van der Waals surface area contributed by atoms with Crippen LogP contribution in [0, 0.1) is 11.8 Å². The molecule has 4 nitrogen and oxygen atoms in total. The molecular formula is C17H25F3N2O2. The van der Waals surface area contributed by atoms with Crippen molar-refractivity contribution < 1.29 is 22.8 Å². The molecule has 0 radical (unpaired) electrons. The number of allylic oxidation sites excluding steroid dienone is 2. The zero-order valence-corrected chi connectivity index (χ0v) is 14.0. The summed E-state index contributed by atoms with van der Waals surface area (Å²) in [7, 11) is 0. The highest BCUT2D eigenvalue weighted by molar-refractivity contribution is 5.82. The molecule has 24 heavy (non-hydrogen) atoms. The van der Waals surface area contributed by atoms with Crippen LogP contribution in [-0.2, 0) is 9.59 Å². The molecule has 1 fully saturated rings. The molecule has 0 aromatic heterocycles. The highest BCUT2D eigenvalue weighted by Gasteiger charge is 2.37. The van der Waals surface area contributed by atoms with Crippen LogP contribution in [0.2, 0.25) is 0 Å². The van der Waals surface area contributed by atoms with Gasteiger partial charge in [0, 0.05) is 25.6 Å². The predicted octanol–water partition coefficient (Wildman–Crippen LogP) is 2.99. The van der Waals surface area contributed by atoms with E-state index in [1.165, 1.54) is 0 Å². The second-order valence-corrected chi connectivity index (χ2v) is 6.57. The summed E-state index contributed by atoms with van der Waals surface area (Å²) in [5, 5.41) is 0. The Morgan fingerprint density at radius 3 is 2.54 bits per heavy atom. The summed E-state index contributed by atoms with van der Waals surface area (Å²) >= 11 is 0. The van der Waals surface area contributed by atoms with Gasteiger partial charge < -0.3 is 9.80 Å². The summed E-state index contributed by atoms with van der Waals surface area (Å²) in [6.45, 7) is 1.18. The summed E-state index contributed by atoms with van der Waals surface area (Å²) in [5.41, 5.74) is 0. The third-order valence-corrected chi connectivity index (χ3v) is 4.76. The number of hydrogen-bond acceptors (Lipinski definition) is 2. The Balaban J connectivity index is 1.97. The summed E-state index contributed by atoms with van der Waals surface area (Å²) in [6, 6.07) is 0. The van der Waals surface area contributed by atoms with Crippen LogP contribution in [0.5, 0.6) is 0 Å². The van der Waals surface area contributed by atoms with Gasteiger partial charge in [-0.2, -0.15) is 13.2 Å². The molecule has 7 heteroatoms. The number of nitrogens with zero attached hydrogens (tertiary/aromatic N) is 2. The minimum atomic E-state index is -4.40. The van der Waals surface area contributed by atoms with Crippen molar-refractivity contribution >= 4 is 11.8 Å². The SMILES string of the molecule is CCN(CC(F)(F)F)C(=O)C1CCCN(C(=O)C2CC=CCC2)C1. The third-order valence-electron chi connectivity index (χ3n) is 4.76. The van der Waals surface area contributed by atoms with E-state index in [0.29, 0.717) is 25.8 Å². The number of carbonyl (C=O) groups is 2. The number of alkyl halides is 3. The Bertz CT molecular complexity index is 491. The fraction of sp³-hybridized carbons (Fsp3) is 0.765. The molecule has 2 unspecified atom stereocenters. The van der Waals surface area contributed by atoms with E-state index in [0.717, 1.165) is 17.7 Å². The van der Waals surface area contributed by atoms with Crippen LogP contribution in [-0.4, -0.2) is 54.0 Å². The van der Waals surface area contributed by atoms with E-state index in [1.807, 2.05) is 6.08 Å². The highest BCUT2D eigenvalue weighted by atomic mass is 19.4. The van der Waals surface area contributed by atoms with Gasteiger partial charge in [-0.15, -0.1) is 0 Å². The first kappa shape index (κ1) is 18.8. The van der Waals surface area contributed by atoms with Crippen molar-refractivity contribution in [3.63, 3.8) is 0 Å². The normalized spacial score (nSPS) is 24.8. The van der Waals surface area contributed by atoms with Crippen LogP contribution in [0.25, 0.3) is 0 Å². The topological polar surface area (TPSA) is 40.6 Å². The van der Waals surface area contributed by atoms with E-state index in [9.17, 15) is 22.8 Å². The smallest absolute Gasteiger partial charge is 0.342 e. The van der Waals surface area contributed by atoms with Crippen LogP contribution in [0.4, 0.5) is 13.2 Å². The van der Waals surface area contributed by atoms with Gasteiger partial charge in [0.25, 0.3) is 0 Å². The van der Waals surface area contributed by atoms with Gasteiger partial charge in [0.05, 0.1) is 5.92 Å². The Kier molecular flexibility index (Phi) is 6.29. The lowest BCUT2D eigenvalue weighted by Gasteiger charge is -2.36. The zero-order chi connectivity index (χ0) is 17.7. The molecule has 1 aliphatic carbocycles. The summed E-state index contributed by atoms with van der Waals surface area (Å²) in [5.74, 6) is -1.03. The monoisotopic (exact) mass is 346 g/mol. The number of halogens is 3. The van der Waals surface area contributed by atoms with Gasteiger partial charge in [-0.25, -0.2) is 0 Å². The van der Waals surface area contributed by atoms with Crippen LogP contribution in [0.3, 0.4) is 0 Å². The predicted molar refractivity (Wildman–Crippen MR) is 84.1 cm³/mol. The number of carbonyl (C=O) groups excluding carboxylic acids is 2. The van der Waals surface area contributed by atoms with Gasteiger partial charge in [-0.1, -0.05) is 12.2 Å². The molecule has 1 saturated heterocycles. The largest absolute Gasteiger partial charge is 0.406 e. The van der Waals surface area contributed by atoms with E-state index >= 15 is 0 Å². The van der Waals surface area contributed by atoms with Gasteiger partial charge in [0.15, 0.2) is 0 Å². The van der Waals surface area contributed by atoms with Gasteiger partial charge >= 0.3 is 6.18 Å². The van der Waals surface area contributed by atoms with Crippen molar-refractivity contribution in [3.8, 4) is 0 Å². The Morgan fingerprint density at radius 1 is 1.21 bits per heavy atom. The van der Waals surface area contributed by atoms with E-state index in [1.54, 1.807) is 11.8 Å². The number of rotatable bonds is 4. The first-order valence-electron chi connectivity index (χ1n) is 8.61. The van der Waals surface area contributed by atoms with Crippen molar-refractivity contribution in [2.45, 2.75) is 45.2 Å². The minimum absolute atomic E-state index is 0.0240. The van der Waals surface area contributed by atoms with Gasteiger partial charge in [0.2, 0.25) is 11.8 Å². The molecular weight excluding hydrogens is 321 g/mol. The van der Waals surface area contributed by atoms with Crippen LogP contribution in [0.15, 0.2) is 12.2 Å². The van der Waals surface area contributed by atoms with Crippen molar-refractivity contribution in [2.24, 2.45) is 11.8 Å². The fourth-order valence-electron chi connectivity index (χ4n) is 3.48. The molecule has 2 atom stereocenters. The van der Waals surface area contributed by atoms with Crippen LogP contribution >= 0.6 is 0 Å². The number of hydrogen-bond donors (Lipinski definition) is 0. The molecule has 1 heterocycles. The van der Waals surface area contributed by atoms with E-state index < -0.39 is 24.5 Å². The Labute approximate surface area is 140 Å². The molecule has 0 spiro atoms. The van der Waals surface area contributed by atoms with E-state index in [-0.39, 0.29) is 24.9 Å². The maximum absolute atomic E-state index is 12.6. The maximum Gasteiger partial charge on any atom is 0.406 e. The average Bonchev–Trinajstić information content (AvgIpc) is 2.58. The highest BCUT2D eigenvalue weighted by Crippen LogP contribution is 2.26. The summed E-state index contributed by atoms with van der Waals surface area (Å²) < 4.78 is 37.8. The molecule has 0 N–H and O–H groups in total. The molecule has 0 saturated carbocycles. The standard InChI is InChI=1S/C17H25F3N2O2/c1-2-21(12-17(18,19)20)16(24)14-9-6-10-22(11-14)15(23)13-7-4-3-5-8-13/h3-4,13-14H,2,5-12H2,1H3.